The summed E-state index contributed by atoms with van der Waals surface area (Å²) in [4.78, 5) is 4.76. The normalized spacial score (nSPS) is 13.4. The Kier molecular flexibility index (Phi) is 19.0. The van der Waals surface area contributed by atoms with Crippen LogP contribution >= 0.6 is 0 Å². The zero-order valence-electron chi connectivity index (χ0n) is 21.6. The number of hydrogen-bond donors (Lipinski definition) is 0. The maximum absolute atomic E-state index is 4.76. The highest BCUT2D eigenvalue weighted by Gasteiger charge is 2.27. The lowest BCUT2D eigenvalue weighted by Gasteiger charge is -2.28. The SMILES string of the molecule is C/C=C/[Si](CCC)(CCC)CCC=NCCCCCC[Si](/C=C/C)(CCC)CCC. The standard InChI is InChI=1S/C27H55NSi2/c1-7-20-29(21-8-2,22-9-3)26-16-14-13-15-18-28-19-17-27-30(23-10-4,24-11-5)25-12-6/h7,10,19-20,23H,8-9,11-18,21-22,24-27H2,1-6H3/b20-7+,23-10+,28-19?. The molecule has 30 heavy (non-hydrogen) atoms. The molecule has 0 aromatic carbocycles. The summed E-state index contributed by atoms with van der Waals surface area (Å²) >= 11 is 0. The first-order valence-corrected chi connectivity index (χ1v) is 18.7. The molecule has 176 valence electrons. The summed E-state index contributed by atoms with van der Waals surface area (Å²) in [6.07, 6.45) is 19.0. The molecule has 0 bridgehead atoms. The van der Waals surface area contributed by atoms with Crippen LogP contribution < -0.4 is 0 Å². The summed E-state index contributed by atoms with van der Waals surface area (Å²) in [6, 6.07) is 8.79. The van der Waals surface area contributed by atoms with Crippen LogP contribution in [0.2, 0.25) is 36.3 Å². The molecule has 0 aromatic rings. The Bertz CT molecular complexity index is 455. The molecule has 0 spiro atoms. The van der Waals surface area contributed by atoms with E-state index in [4.69, 9.17) is 4.99 Å². The van der Waals surface area contributed by atoms with Gasteiger partial charge in [0.2, 0.25) is 0 Å². The van der Waals surface area contributed by atoms with Crippen molar-refractivity contribution in [1.29, 1.82) is 0 Å². The lowest BCUT2D eigenvalue weighted by Crippen LogP contribution is -2.31. The highest BCUT2D eigenvalue weighted by molar-refractivity contribution is 6.85. The number of allylic oxidation sites excluding steroid dienone is 2. The van der Waals surface area contributed by atoms with E-state index in [0.29, 0.717) is 0 Å². The van der Waals surface area contributed by atoms with Gasteiger partial charge in [-0.15, -0.1) is 0 Å². The fourth-order valence-corrected chi connectivity index (χ4v) is 15.1. The predicted molar refractivity (Wildman–Crippen MR) is 148 cm³/mol. The van der Waals surface area contributed by atoms with Gasteiger partial charge in [-0.1, -0.05) is 126 Å². The molecule has 1 nitrogen and oxygen atoms in total. The number of nitrogens with zero attached hydrogens (tertiary/aromatic N) is 1. The fourth-order valence-electron chi connectivity index (χ4n) is 5.52. The lowest BCUT2D eigenvalue weighted by molar-refractivity contribution is 0.669. The number of rotatable bonds is 20. The maximum Gasteiger partial charge on any atom is 0.0777 e. The van der Waals surface area contributed by atoms with E-state index in [2.05, 4.69) is 71.3 Å². The van der Waals surface area contributed by atoms with Crippen LogP contribution in [0.5, 0.6) is 0 Å². The minimum Gasteiger partial charge on any atom is -0.298 e. The van der Waals surface area contributed by atoms with Crippen LogP contribution in [-0.2, 0) is 0 Å². The van der Waals surface area contributed by atoms with E-state index in [-0.39, 0.29) is 0 Å². The summed E-state index contributed by atoms with van der Waals surface area (Å²) in [5.41, 5.74) is 5.26. The Balaban J connectivity index is 4.18. The molecule has 3 heteroatoms. The van der Waals surface area contributed by atoms with Crippen molar-refractivity contribution in [2.75, 3.05) is 6.54 Å². The molecule has 0 amide bonds. The van der Waals surface area contributed by atoms with Gasteiger partial charge in [0.05, 0.1) is 16.1 Å². The quantitative estimate of drug-likeness (QED) is 0.0995. The minimum absolute atomic E-state index is 1.04. The van der Waals surface area contributed by atoms with Gasteiger partial charge in [0, 0.05) is 6.54 Å². The smallest absolute Gasteiger partial charge is 0.0777 e. The average molecular weight is 450 g/mol. The van der Waals surface area contributed by atoms with Crippen molar-refractivity contribution in [3.05, 3.63) is 23.6 Å². The van der Waals surface area contributed by atoms with Gasteiger partial charge in [-0.05, 0) is 38.9 Å². The van der Waals surface area contributed by atoms with Crippen LogP contribution in [-0.4, -0.2) is 28.9 Å². The van der Waals surface area contributed by atoms with Crippen LogP contribution in [0.15, 0.2) is 28.5 Å². The fraction of sp³-hybridized carbons (Fsp3) is 0.815. The zero-order valence-corrected chi connectivity index (χ0v) is 23.6. The molecule has 0 aliphatic carbocycles. The number of hydrogen-bond acceptors (Lipinski definition) is 1. The first kappa shape index (κ1) is 29.6. The Morgan fingerprint density at radius 1 is 0.567 bits per heavy atom. The molecule has 0 radical (unpaired) electrons. The summed E-state index contributed by atoms with van der Waals surface area (Å²) in [5.74, 6) is 0. The molecule has 0 saturated heterocycles. The van der Waals surface area contributed by atoms with Crippen molar-refractivity contribution < 1.29 is 0 Å². The van der Waals surface area contributed by atoms with E-state index in [1.807, 2.05) is 0 Å². The largest absolute Gasteiger partial charge is 0.298 e. The van der Waals surface area contributed by atoms with Gasteiger partial charge < -0.3 is 0 Å². The van der Waals surface area contributed by atoms with Gasteiger partial charge >= 0.3 is 0 Å². The van der Waals surface area contributed by atoms with Crippen molar-refractivity contribution in [3.8, 4) is 0 Å². The van der Waals surface area contributed by atoms with Crippen LogP contribution in [0.3, 0.4) is 0 Å². The number of aliphatic imine (C=N–C) groups is 1. The monoisotopic (exact) mass is 449 g/mol. The summed E-state index contributed by atoms with van der Waals surface area (Å²) < 4.78 is 0. The van der Waals surface area contributed by atoms with E-state index in [9.17, 15) is 0 Å². The summed E-state index contributed by atoms with van der Waals surface area (Å²) in [5, 5.41) is 0. The minimum atomic E-state index is -1.19. The Morgan fingerprint density at radius 2 is 1.03 bits per heavy atom. The van der Waals surface area contributed by atoms with Crippen LogP contribution in [0.4, 0.5) is 0 Å². The van der Waals surface area contributed by atoms with E-state index >= 15 is 0 Å². The number of unbranched alkanes of at least 4 members (excludes halogenated alkanes) is 3. The molecule has 0 rings (SSSR count). The third kappa shape index (κ3) is 13.1. The first-order chi connectivity index (χ1) is 14.6. The van der Waals surface area contributed by atoms with Crippen molar-refractivity contribution in [2.24, 2.45) is 4.99 Å². The third-order valence-electron chi connectivity index (χ3n) is 6.64. The average Bonchev–Trinajstić information content (AvgIpc) is 2.70. The summed E-state index contributed by atoms with van der Waals surface area (Å²) in [7, 11) is -2.33. The van der Waals surface area contributed by atoms with Crippen molar-refractivity contribution in [3.63, 3.8) is 0 Å². The van der Waals surface area contributed by atoms with Crippen LogP contribution in [0.1, 0.15) is 99.3 Å². The molecule has 0 aliphatic heterocycles. The molecular weight excluding hydrogens is 394 g/mol. The van der Waals surface area contributed by atoms with Gasteiger partial charge in [0.15, 0.2) is 0 Å². The van der Waals surface area contributed by atoms with Crippen molar-refractivity contribution >= 4 is 22.4 Å². The van der Waals surface area contributed by atoms with Crippen LogP contribution in [0, 0.1) is 0 Å². The predicted octanol–water partition coefficient (Wildman–Crippen LogP) is 9.78. The molecular formula is C27H55NSi2. The van der Waals surface area contributed by atoms with E-state index < -0.39 is 16.1 Å². The second-order valence-corrected chi connectivity index (χ2v) is 18.6. The Labute approximate surface area is 193 Å². The maximum atomic E-state index is 4.76. The lowest BCUT2D eigenvalue weighted by atomic mass is 10.2. The topological polar surface area (TPSA) is 12.4 Å². The van der Waals surface area contributed by atoms with Crippen molar-refractivity contribution in [2.45, 2.75) is 136 Å². The second kappa shape index (κ2) is 19.3. The van der Waals surface area contributed by atoms with Gasteiger partial charge in [-0.2, -0.15) is 0 Å². The van der Waals surface area contributed by atoms with E-state index in [0.717, 1.165) is 6.54 Å². The van der Waals surface area contributed by atoms with Gasteiger partial charge in [-0.3, -0.25) is 4.99 Å². The molecule has 0 N–H and O–H groups in total. The second-order valence-electron chi connectivity index (χ2n) is 9.52. The van der Waals surface area contributed by atoms with Crippen LogP contribution in [0.25, 0.3) is 0 Å². The molecule has 0 saturated carbocycles. The van der Waals surface area contributed by atoms with Crippen molar-refractivity contribution in [1.82, 2.24) is 0 Å². The van der Waals surface area contributed by atoms with Gasteiger partial charge in [0.25, 0.3) is 0 Å². The molecule has 0 fully saturated rings. The molecule has 0 heterocycles. The Morgan fingerprint density at radius 3 is 1.50 bits per heavy atom. The molecule has 0 atom stereocenters. The van der Waals surface area contributed by atoms with Gasteiger partial charge in [0.1, 0.15) is 0 Å². The van der Waals surface area contributed by atoms with Gasteiger partial charge in [-0.25, -0.2) is 0 Å². The molecule has 0 aliphatic rings. The Hall–Kier alpha value is -0.416. The summed E-state index contributed by atoms with van der Waals surface area (Å²) in [6.45, 7) is 14.9. The third-order valence-corrected chi connectivity index (χ3v) is 17.3. The highest BCUT2D eigenvalue weighted by atomic mass is 28.3. The van der Waals surface area contributed by atoms with E-state index in [1.165, 1.54) is 94.1 Å². The zero-order chi connectivity index (χ0) is 22.6. The molecule has 0 aromatic heterocycles. The molecule has 0 unspecified atom stereocenters. The van der Waals surface area contributed by atoms with E-state index in [1.54, 1.807) is 0 Å². The first-order valence-electron chi connectivity index (χ1n) is 13.3. The highest BCUT2D eigenvalue weighted by Crippen LogP contribution is 2.29.